The fraction of sp³-hybridized carbons (Fsp3) is 0.923. The van der Waals surface area contributed by atoms with E-state index in [-0.39, 0.29) is 16.9 Å². The van der Waals surface area contributed by atoms with Crippen LogP contribution in [0.5, 0.6) is 0 Å². The summed E-state index contributed by atoms with van der Waals surface area (Å²) in [6.07, 6.45) is 3.60. The molecule has 0 N–H and O–H groups in total. The Hall–Kier alpha value is -0.0500. The van der Waals surface area contributed by atoms with Gasteiger partial charge in [-0.05, 0) is 37.5 Å². The van der Waals surface area contributed by atoms with Crippen molar-refractivity contribution in [1.29, 1.82) is 0 Å². The van der Waals surface area contributed by atoms with Crippen LogP contribution in [0.15, 0.2) is 0 Å². The molecule has 0 radical (unpaired) electrons. The van der Waals surface area contributed by atoms with E-state index in [0.717, 1.165) is 6.42 Å². The first-order valence-electron chi connectivity index (χ1n) is 6.26. The Balaban J connectivity index is 2.61. The zero-order valence-corrected chi connectivity index (χ0v) is 12.3. The Kier molecular flexibility index (Phi) is 5.29. The zero-order valence-electron chi connectivity index (χ0n) is 10.7. The van der Waals surface area contributed by atoms with Gasteiger partial charge in [0, 0.05) is 0 Å². The molecule has 4 atom stereocenters. The van der Waals surface area contributed by atoms with Crippen LogP contribution in [-0.4, -0.2) is 16.9 Å². The molecule has 1 fully saturated rings. The number of halogens is 1. The summed E-state index contributed by atoms with van der Waals surface area (Å²) in [6, 6.07) is 0. The van der Waals surface area contributed by atoms with Crippen LogP contribution in [0.25, 0.3) is 0 Å². The van der Waals surface area contributed by atoms with Crippen molar-refractivity contribution in [3.63, 3.8) is 0 Å². The van der Waals surface area contributed by atoms with E-state index in [1.807, 2.05) is 6.92 Å². The maximum absolute atomic E-state index is 11.6. The van der Waals surface area contributed by atoms with Crippen molar-refractivity contribution in [2.75, 3.05) is 0 Å². The number of alkyl halides is 1. The lowest BCUT2D eigenvalue weighted by atomic mass is 9.75. The predicted octanol–water partition coefficient (Wildman–Crippen LogP) is 3.77. The lowest BCUT2D eigenvalue weighted by Gasteiger charge is -2.36. The average molecular weight is 291 g/mol. The minimum absolute atomic E-state index is 0.121. The van der Waals surface area contributed by atoms with Gasteiger partial charge in [0.25, 0.3) is 0 Å². The molecular formula is C13H23BrO2. The van der Waals surface area contributed by atoms with Gasteiger partial charge in [0.2, 0.25) is 0 Å². The average Bonchev–Trinajstić information content (AvgIpc) is 2.16. The van der Waals surface area contributed by atoms with Crippen LogP contribution in [0, 0.1) is 17.8 Å². The summed E-state index contributed by atoms with van der Waals surface area (Å²) in [6.45, 7) is 8.51. The van der Waals surface area contributed by atoms with Gasteiger partial charge in [-0.3, -0.25) is 4.79 Å². The molecule has 0 amide bonds. The van der Waals surface area contributed by atoms with Gasteiger partial charge >= 0.3 is 5.97 Å². The second kappa shape index (κ2) is 6.04. The van der Waals surface area contributed by atoms with E-state index in [4.69, 9.17) is 4.74 Å². The van der Waals surface area contributed by atoms with E-state index in [0.29, 0.717) is 17.8 Å². The molecule has 0 aliphatic heterocycles. The van der Waals surface area contributed by atoms with Crippen LogP contribution >= 0.6 is 15.9 Å². The zero-order chi connectivity index (χ0) is 12.3. The molecule has 2 nitrogen and oxygen atoms in total. The number of hydrogen-bond donors (Lipinski definition) is 0. The fourth-order valence-corrected chi connectivity index (χ4v) is 2.60. The quantitative estimate of drug-likeness (QED) is 0.584. The van der Waals surface area contributed by atoms with Crippen molar-refractivity contribution in [1.82, 2.24) is 0 Å². The predicted molar refractivity (Wildman–Crippen MR) is 69.6 cm³/mol. The molecular weight excluding hydrogens is 268 g/mol. The Morgan fingerprint density at radius 1 is 1.31 bits per heavy atom. The van der Waals surface area contributed by atoms with E-state index in [9.17, 15) is 4.79 Å². The number of carbonyl (C=O) groups excluding carboxylic acids is 1. The Bertz CT molecular complexity index is 238. The summed E-state index contributed by atoms with van der Waals surface area (Å²) in [5.41, 5.74) is 0. The molecule has 0 aromatic heterocycles. The lowest BCUT2D eigenvalue weighted by molar-refractivity contribution is -0.154. The summed E-state index contributed by atoms with van der Waals surface area (Å²) in [7, 11) is 0. The second-order valence-corrected chi connectivity index (χ2v) is 6.79. The molecule has 1 rings (SSSR count). The molecule has 16 heavy (non-hydrogen) atoms. The second-order valence-electron chi connectivity index (χ2n) is 5.42. The van der Waals surface area contributed by atoms with Gasteiger partial charge in [-0.15, -0.1) is 0 Å². The largest absolute Gasteiger partial charge is 0.461 e. The van der Waals surface area contributed by atoms with Crippen molar-refractivity contribution < 1.29 is 9.53 Å². The summed E-state index contributed by atoms with van der Waals surface area (Å²) >= 11 is 3.26. The maximum Gasteiger partial charge on any atom is 0.319 e. The Labute approximate surface area is 107 Å². The first kappa shape index (κ1) is 14.0. The van der Waals surface area contributed by atoms with Crippen molar-refractivity contribution in [3.8, 4) is 0 Å². The molecule has 3 heteroatoms. The normalized spacial score (nSPS) is 32.5. The third-order valence-corrected chi connectivity index (χ3v) is 3.93. The van der Waals surface area contributed by atoms with Crippen LogP contribution in [-0.2, 0) is 9.53 Å². The van der Waals surface area contributed by atoms with Gasteiger partial charge in [-0.2, -0.15) is 0 Å². The van der Waals surface area contributed by atoms with E-state index < -0.39 is 0 Å². The van der Waals surface area contributed by atoms with Crippen molar-refractivity contribution in [2.24, 2.45) is 17.8 Å². The van der Waals surface area contributed by atoms with Gasteiger partial charge in [0.1, 0.15) is 10.9 Å². The first-order valence-corrected chi connectivity index (χ1v) is 7.18. The van der Waals surface area contributed by atoms with Crippen molar-refractivity contribution in [2.45, 2.75) is 57.9 Å². The standard InChI is InChI=1S/C13H23BrO2/c1-8(2)11-6-5-9(3)7-12(11)16-13(15)10(4)14/h8-12H,5-7H2,1-4H3/t9-,10?,11+,12-/m1/s1. The van der Waals surface area contributed by atoms with Gasteiger partial charge in [-0.1, -0.05) is 43.1 Å². The summed E-state index contributed by atoms with van der Waals surface area (Å²) in [5, 5.41) is 0. The summed E-state index contributed by atoms with van der Waals surface area (Å²) in [5.74, 6) is 1.69. The van der Waals surface area contributed by atoms with E-state index in [1.165, 1.54) is 12.8 Å². The minimum atomic E-state index is -0.197. The highest BCUT2D eigenvalue weighted by Gasteiger charge is 2.33. The smallest absolute Gasteiger partial charge is 0.319 e. The molecule has 0 aromatic rings. The highest BCUT2D eigenvalue weighted by molar-refractivity contribution is 9.10. The molecule has 0 aromatic carbocycles. The number of ether oxygens (including phenoxy) is 1. The first-order chi connectivity index (χ1) is 7.41. The molecule has 0 spiro atoms. The Morgan fingerprint density at radius 3 is 2.44 bits per heavy atom. The highest BCUT2D eigenvalue weighted by atomic mass is 79.9. The molecule has 0 saturated heterocycles. The van der Waals surface area contributed by atoms with E-state index >= 15 is 0 Å². The molecule has 1 aliphatic carbocycles. The molecule has 1 saturated carbocycles. The SMILES string of the molecule is CC(Br)C(=O)O[C@@H]1C[C@H](C)CC[C@H]1C(C)C. The lowest BCUT2D eigenvalue weighted by Crippen LogP contribution is -2.37. The third kappa shape index (κ3) is 3.76. The minimum Gasteiger partial charge on any atom is -0.461 e. The van der Waals surface area contributed by atoms with Crippen molar-refractivity contribution >= 4 is 21.9 Å². The molecule has 1 unspecified atom stereocenters. The van der Waals surface area contributed by atoms with Gasteiger partial charge in [-0.25, -0.2) is 0 Å². The molecule has 1 aliphatic rings. The molecule has 0 bridgehead atoms. The topological polar surface area (TPSA) is 26.3 Å². The van der Waals surface area contributed by atoms with E-state index in [1.54, 1.807) is 0 Å². The van der Waals surface area contributed by atoms with Crippen LogP contribution in [0.4, 0.5) is 0 Å². The summed E-state index contributed by atoms with van der Waals surface area (Å²) < 4.78 is 5.61. The van der Waals surface area contributed by atoms with Gasteiger partial charge < -0.3 is 4.74 Å². The van der Waals surface area contributed by atoms with Crippen LogP contribution in [0.3, 0.4) is 0 Å². The van der Waals surface area contributed by atoms with Crippen LogP contribution in [0.2, 0.25) is 0 Å². The van der Waals surface area contributed by atoms with Crippen LogP contribution < -0.4 is 0 Å². The molecule has 94 valence electrons. The maximum atomic E-state index is 11.6. The Morgan fingerprint density at radius 2 is 1.94 bits per heavy atom. The number of carbonyl (C=O) groups is 1. The monoisotopic (exact) mass is 290 g/mol. The van der Waals surface area contributed by atoms with Gasteiger partial charge in [0.15, 0.2) is 0 Å². The highest BCUT2D eigenvalue weighted by Crippen LogP contribution is 2.35. The number of hydrogen-bond acceptors (Lipinski definition) is 2. The molecule has 0 heterocycles. The van der Waals surface area contributed by atoms with Crippen LogP contribution in [0.1, 0.15) is 47.0 Å². The van der Waals surface area contributed by atoms with Crippen molar-refractivity contribution in [3.05, 3.63) is 0 Å². The van der Waals surface area contributed by atoms with E-state index in [2.05, 4.69) is 36.7 Å². The fourth-order valence-electron chi connectivity index (χ4n) is 2.49. The van der Waals surface area contributed by atoms with Gasteiger partial charge in [0.05, 0.1) is 0 Å². The summed E-state index contributed by atoms with van der Waals surface area (Å²) in [4.78, 5) is 11.4. The number of esters is 1. The third-order valence-electron chi connectivity index (χ3n) is 3.55. The number of rotatable bonds is 3.